The zero-order valence-corrected chi connectivity index (χ0v) is 19.0. The Bertz CT molecular complexity index is 894. The van der Waals surface area contributed by atoms with Gasteiger partial charge in [0.15, 0.2) is 0 Å². The van der Waals surface area contributed by atoms with E-state index < -0.39 is 6.04 Å². The minimum atomic E-state index is -0.417. The second kappa shape index (κ2) is 10.7. The van der Waals surface area contributed by atoms with Crippen LogP contribution in [-0.2, 0) is 16.1 Å². The molecule has 6 nitrogen and oxygen atoms in total. The zero-order valence-electron chi connectivity index (χ0n) is 19.0. The number of nitrogens with one attached hydrogen (secondary N) is 1. The fraction of sp³-hybridized carbons (Fsp3) is 0.462. The molecule has 0 unspecified atom stereocenters. The number of hydrogen-bond acceptors (Lipinski definition) is 4. The van der Waals surface area contributed by atoms with Crippen LogP contribution in [0, 0.1) is 0 Å². The van der Waals surface area contributed by atoms with E-state index in [9.17, 15) is 9.59 Å². The first-order valence-corrected chi connectivity index (χ1v) is 11.7. The number of rotatable bonds is 8. The second-order valence-electron chi connectivity index (χ2n) is 8.91. The zero-order chi connectivity index (χ0) is 22.3. The average Bonchev–Trinajstić information content (AvgIpc) is 3.34. The predicted octanol–water partition coefficient (Wildman–Crippen LogP) is 2.60. The molecule has 2 heterocycles. The molecular formula is C26H34N4O2. The van der Waals surface area contributed by atoms with Crippen molar-refractivity contribution in [2.45, 2.75) is 31.8 Å². The van der Waals surface area contributed by atoms with Crippen LogP contribution < -0.4 is 5.32 Å². The molecule has 0 spiro atoms. The third kappa shape index (κ3) is 5.75. The number of benzene rings is 2. The molecule has 1 atom stereocenters. The number of carbonyl (C=O) groups excluding carboxylic acids is 2. The highest BCUT2D eigenvalue weighted by molar-refractivity contribution is 5.88. The number of likely N-dealkylation sites (N-methyl/N-ethyl adjacent to an activating group) is 1. The molecule has 2 saturated heterocycles. The van der Waals surface area contributed by atoms with Crippen molar-refractivity contribution in [1.29, 1.82) is 0 Å². The van der Waals surface area contributed by atoms with Crippen molar-refractivity contribution in [3.8, 4) is 11.1 Å². The molecule has 0 bridgehead atoms. The quantitative estimate of drug-likeness (QED) is 0.694. The average molecular weight is 435 g/mol. The summed E-state index contributed by atoms with van der Waals surface area (Å²) in [6.07, 6.45) is 2.73. The van der Waals surface area contributed by atoms with E-state index in [1.807, 2.05) is 25.2 Å². The highest BCUT2D eigenvalue weighted by Gasteiger charge is 2.32. The fourth-order valence-corrected chi connectivity index (χ4v) is 4.58. The molecule has 6 heteroatoms. The molecule has 2 aliphatic rings. The Labute approximate surface area is 191 Å². The number of piperazine rings is 1. The Kier molecular flexibility index (Phi) is 7.55. The SMILES string of the molecule is CN(CCN1CCCC1)C(=O)C[C@H]1C(=O)NCCN1Cc1ccc(-c2ccccc2)cc1. The van der Waals surface area contributed by atoms with Crippen molar-refractivity contribution >= 4 is 11.8 Å². The van der Waals surface area contributed by atoms with Crippen LogP contribution in [0.15, 0.2) is 54.6 Å². The second-order valence-corrected chi connectivity index (χ2v) is 8.91. The standard InChI is InChI=1S/C26H34N4O2/c1-28(17-18-29-14-5-6-15-29)25(31)19-24-26(32)27-13-16-30(24)20-21-9-11-23(12-10-21)22-7-3-2-4-8-22/h2-4,7-12,24H,5-6,13-20H2,1H3,(H,27,32)/t24-/m0/s1. The van der Waals surface area contributed by atoms with E-state index in [-0.39, 0.29) is 18.2 Å². The summed E-state index contributed by atoms with van der Waals surface area (Å²) >= 11 is 0. The van der Waals surface area contributed by atoms with E-state index in [2.05, 4.69) is 51.5 Å². The summed E-state index contributed by atoms with van der Waals surface area (Å²) in [4.78, 5) is 31.8. The molecular weight excluding hydrogens is 400 g/mol. The van der Waals surface area contributed by atoms with Gasteiger partial charge < -0.3 is 15.1 Å². The van der Waals surface area contributed by atoms with Crippen LogP contribution in [0.1, 0.15) is 24.8 Å². The molecule has 170 valence electrons. The maximum atomic E-state index is 12.9. The molecule has 2 aliphatic heterocycles. The Balaban J connectivity index is 1.35. The van der Waals surface area contributed by atoms with Gasteiger partial charge in [-0.1, -0.05) is 54.6 Å². The molecule has 2 amide bonds. The Morgan fingerprint density at radius 1 is 1.00 bits per heavy atom. The Morgan fingerprint density at radius 3 is 2.41 bits per heavy atom. The van der Waals surface area contributed by atoms with Crippen LogP contribution in [0.4, 0.5) is 0 Å². The number of amides is 2. The third-order valence-corrected chi connectivity index (χ3v) is 6.63. The van der Waals surface area contributed by atoms with Gasteiger partial charge in [0.2, 0.25) is 11.8 Å². The molecule has 2 aromatic rings. The van der Waals surface area contributed by atoms with Crippen LogP contribution in [0.5, 0.6) is 0 Å². The lowest BCUT2D eigenvalue weighted by atomic mass is 10.0. The van der Waals surface area contributed by atoms with Crippen molar-refractivity contribution in [2.24, 2.45) is 0 Å². The maximum absolute atomic E-state index is 12.9. The van der Waals surface area contributed by atoms with Crippen LogP contribution in [0.3, 0.4) is 0 Å². The summed E-state index contributed by atoms with van der Waals surface area (Å²) in [5, 5.41) is 2.94. The lowest BCUT2D eigenvalue weighted by molar-refractivity contribution is -0.138. The van der Waals surface area contributed by atoms with Crippen molar-refractivity contribution < 1.29 is 9.59 Å². The van der Waals surface area contributed by atoms with Crippen LogP contribution >= 0.6 is 0 Å². The van der Waals surface area contributed by atoms with Gasteiger partial charge in [0.1, 0.15) is 0 Å². The number of nitrogens with zero attached hydrogens (tertiary/aromatic N) is 3. The predicted molar refractivity (Wildman–Crippen MR) is 127 cm³/mol. The van der Waals surface area contributed by atoms with Gasteiger partial charge >= 0.3 is 0 Å². The van der Waals surface area contributed by atoms with E-state index in [1.165, 1.54) is 24.0 Å². The third-order valence-electron chi connectivity index (χ3n) is 6.63. The summed E-state index contributed by atoms with van der Waals surface area (Å²) in [7, 11) is 1.85. The van der Waals surface area contributed by atoms with Crippen LogP contribution in [-0.4, -0.2) is 78.9 Å². The van der Waals surface area contributed by atoms with E-state index >= 15 is 0 Å². The highest BCUT2D eigenvalue weighted by Crippen LogP contribution is 2.21. The Hall–Kier alpha value is -2.70. The van der Waals surface area contributed by atoms with E-state index in [4.69, 9.17) is 0 Å². The van der Waals surface area contributed by atoms with E-state index in [1.54, 1.807) is 4.90 Å². The first-order valence-electron chi connectivity index (χ1n) is 11.7. The van der Waals surface area contributed by atoms with Gasteiger partial charge in [0.05, 0.1) is 12.5 Å². The van der Waals surface area contributed by atoms with Gasteiger partial charge in [0.25, 0.3) is 0 Å². The maximum Gasteiger partial charge on any atom is 0.237 e. The first-order chi connectivity index (χ1) is 15.6. The van der Waals surface area contributed by atoms with Gasteiger partial charge in [-0.3, -0.25) is 14.5 Å². The van der Waals surface area contributed by atoms with Crippen molar-refractivity contribution in [3.05, 3.63) is 60.2 Å². The van der Waals surface area contributed by atoms with Gasteiger partial charge in [-0.15, -0.1) is 0 Å². The summed E-state index contributed by atoms with van der Waals surface area (Å²) in [5.74, 6) is -0.00544. The lowest BCUT2D eigenvalue weighted by Gasteiger charge is -2.35. The van der Waals surface area contributed by atoms with Crippen molar-refractivity contribution in [2.75, 3.05) is 46.3 Å². The van der Waals surface area contributed by atoms with Crippen LogP contribution in [0.25, 0.3) is 11.1 Å². The van der Waals surface area contributed by atoms with Gasteiger partial charge in [0, 0.05) is 39.8 Å². The molecule has 1 N–H and O–H groups in total. The van der Waals surface area contributed by atoms with Gasteiger partial charge in [-0.25, -0.2) is 0 Å². The molecule has 2 fully saturated rings. The normalized spacial score (nSPS) is 19.7. The minimum absolute atomic E-state index is 0.0377. The summed E-state index contributed by atoms with van der Waals surface area (Å²) < 4.78 is 0. The molecule has 0 aromatic heterocycles. The molecule has 2 aromatic carbocycles. The molecule has 32 heavy (non-hydrogen) atoms. The van der Waals surface area contributed by atoms with Crippen LogP contribution in [0.2, 0.25) is 0 Å². The number of hydrogen-bond donors (Lipinski definition) is 1. The van der Waals surface area contributed by atoms with E-state index in [0.717, 1.165) is 31.7 Å². The smallest absolute Gasteiger partial charge is 0.237 e. The molecule has 0 aliphatic carbocycles. The monoisotopic (exact) mass is 434 g/mol. The largest absolute Gasteiger partial charge is 0.353 e. The lowest BCUT2D eigenvalue weighted by Crippen LogP contribution is -2.56. The van der Waals surface area contributed by atoms with E-state index in [0.29, 0.717) is 19.6 Å². The number of likely N-dealkylation sites (tertiary alicyclic amines) is 1. The summed E-state index contributed by atoms with van der Waals surface area (Å²) in [5.41, 5.74) is 3.52. The number of carbonyl (C=O) groups is 2. The molecule has 4 rings (SSSR count). The summed E-state index contributed by atoms with van der Waals surface area (Å²) in [6, 6.07) is 18.4. The fourth-order valence-electron chi connectivity index (χ4n) is 4.58. The Morgan fingerprint density at radius 2 is 1.69 bits per heavy atom. The first kappa shape index (κ1) is 22.5. The van der Waals surface area contributed by atoms with Crippen molar-refractivity contribution in [1.82, 2.24) is 20.0 Å². The topological polar surface area (TPSA) is 55.9 Å². The van der Waals surface area contributed by atoms with Gasteiger partial charge in [-0.05, 0) is 42.6 Å². The molecule has 0 saturated carbocycles. The van der Waals surface area contributed by atoms with Gasteiger partial charge in [-0.2, -0.15) is 0 Å². The van der Waals surface area contributed by atoms with Crippen molar-refractivity contribution in [3.63, 3.8) is 0 Å². The highest BCUT2D eigenvalue weighted by atomic mass is 16.2. The molecule has 0 radical (unpaired) electrons. The minimum Gasteiger partial charge on any atom is -0.353 e. The summed E-state index contributed by atoms with van der Waals surface area (Å²) in [6.45, 7) is 5.93.